The number of amides is 1. The molecule has 1 atom stereocenters. The van der Waals surface area contributed by atoms with Gasteiger partial charge < -0.3 is 15.1 Å². The number of hydrogen-bond acceptors (Lipinski definition) is 3. The summed E-state index contributed by atoms with van der Waals surface area (Å²) < 4.78 is 0. The summed E-state index contributed by atoms with van der Waals surface area (Å²) in [4.78, 5) is 17.1. The van der Waals surface area contributed by atoms with Gasteiger partial charge in [-0.1, -0.05) is 12.1 Å². The first-order valence-corrected chi connectivity index (χ1v) is 8.75. The summed E-state index contributed by atoms with van der Waals surface area (Å²) in [6, 6.07) is 6.79. The Kier molecular flexibility index (Phi) is 3.95. The van der Waals surface area contributed by atoms with Gasteiger partial charge in [0.1, 0.15) is 0 Å². The summed E-state index contributed by atoms with van der Waals surface area (Å²) in [6.07, 6.45) is 5.71. The molecular weight excluding hydrogens is 286 g/mol. The molecular formula is C19H25N3O. The molecule has 122 valence electrons. The lowest BCUT2D eigenvalue weighted by molar-refractivity contribution is 0.0674. The number of benzene rings is 1. The number of nitrogens with zero attached hydrogens (tertiary/aromatic N) is 2. The van der Waals surface area contributed by atoms with Gasteiger partial charge in [-0.25, -0.2) is 0 Å². The third kappa shape index (κ3) is 2.81. The van der Waals surface area contributed by atoms with Gasteiger partial charge in [0.25, 0.3) is 5.91 Å². The van der Waals surface area contributed by atoms with Gasteiger partial charge in [-0.15, -0.1) is 0 Å². The van der Waals surface area contributed by atoms with E-state index in [1.807, 2.05) is 6.07 Å². The SMILES string of the molecule is CN1CC=C(c2ccc3c(c2)CN(C2CCCNC2)C3=O)CC1. The molecule has 4 rings (SSSR count). The van der Waals surface area contributed by atoms with Crippen LogP contribution in [-0.4, -0.2) is 55.0 Å². The summed E-state index contributed by atoms with van der Waals surface area (Å²) in [6.45, 7) is 4.93. The lowest BCUT2D eigenvalue weighted by Crippen LogP contribution is -2.46. The maximum absolute atomic E-state index is 12.7. The lowest BCUT2D eigenvalue weighted by atomic mass is 9.96. The highest BCUT2D eigenvalue weighted by Crippen LogP contribution is 2.30. The maximum Gasteiger partial charge on any atom is 0.254 e. The molecule has 0 bridgehead atoms. The number of rotatable bonds is 2. The molecule has 23 heavy (non-hydrogen) atoms. The first kappa shape index (κ1) is 14.9. The summed E-state index contributed by atoms with van der Waals surface area (Å²) in [5.74, 6) is 0.220. The molecule has 3 aliphatic heterocycles. The van der Waals surface area contributed by atoms with Crippen LogP contribution in [0.2, 0.25) is 0 Å². The van der Waals surface area contributed by atoms with Crippen molar-refractivity contribution in [1.29, 1.82) is 0 Å². The van der Waals surface area contributed by atoms with Crippen molar-refractivity contribution in [3.8, 4) is 0 Å². The zero-order valence-corrected chi connectivity index (χ0v) is 13.8. The second-order valence-corrected chi connectivity index (χ2v) is 7.05. The van der Waals surface area contributed by atoms with Crippen molar-refractivity contribution < 1.29 is 4.79 Å². The smallest absolute Gasteiger partial charge is 0.254 e. The first-order valence-electron chi connectivity index (χ1n) is 8.75. The van der Waals surface area contributed by atoms with Crippen molar-refractivity contribution in [1.82, 2.24) is 15.1 Å². The minimum absolute atomic E-state index is 0.220. The van der Waals surface area contributed by atoms with Crippen molar-refractivity contribution in [3.05, 3.63) is 41.0 Å². The van der Waals surface area contributed by atoms with Crippen LogP contribution in [0.3, 0.4) is 0 Å². The number of piperidine rings is 1. The predicted octanol–water partition coefficient (Wildman–Crippen LogP) is 2.11. The third-order valence-corrected chi connectivity index (χ3v) is 5.43. The van der Waals surface area contributed by atoms with Gasteiger partial charge in [0.15, 0.2) is 0 Å². The van der Waals surface area contributed by atoms with E-state index < -0.39 is 0 Å². The molecule has 4 heteroatoms. The molecule has 0 aliphatic carbocycles. The van der Waals surface area contributed by atoms with Crippen LogP contribution in [0, 0.1) is 0 Å². The van der Waals surface area contributed by atoms with Gasteiger partial charge in [-0.2, -0.15) is 0 Å². The van der Waals surface area contributed by atoms with Gasteiger partial charge in [0.05, 0.1) is 0 Å². The van der Waals surface area contributed by atoms with E-state index in [1.165, 1.54) is 16.7 Å². The number of hydrogen-bond donors (Lipinski definition) is 1. The Bertz CT molecular complexity index is 646. The fourth-order valence-corrected chi connectivity index (χ4v) is 3.97. The van der Waals surface area contributed by atoms with Crippen molar-refractivity contribution in [3.63, 3.8) is 0 Å². The molecule has 1 unspecified atom stereocenters. The van der Waals surface area contributed by atoms with E-state index in [0.29, 0.717) is 6.04 Å². The molecule has 0 saturated carbocycles. The first-order chi connectivity index (χ1) is 11.2. The van der Waals surface area contributed by atoms with Gasteiger partial charge in [0, 0.05) is 37.8 Å². The van der Waals surface area contributed by atoms with Crippen LogP contribution in [0.25, 0.3) is 5.57 Å². The van der Waals surface area contributed by atoms with Gasteiger partial charge in [-0.05, 0) is 61.7 Å². The molecule has 0 aromatic heterocycles. The Morgan fingerprint density at radius 3 is 2.96 bits per heavy atom. The second-order valence-electron chi connectivity index (χ2n) is 7.05. The third-order valence-electron chi connectivity index (χ3n) is 5.43. The lowest BCUT2D eigenvalue weighted by Gasteiger charge is -2.31. The highest BCUT2D eigenvalue weighted by Gasteiger charge is 2.33. The van der Waals surface area contributed by atoms with Crippen molar-refractivity contribution >= 4 is 11.5 Å². The van der Waals surface area contributed by atoms with Crippen LogP contribution in [0.1, 0.15) is 40.7 Å². The van der Waals surface area contributed by atoms with E-state index in [-0.39, 0.29) is 5.91 Å². The maximum atomic E-state index is 12.7. The largest absolute Gasteiger partial charge is 0.330 e. The molecule has 3 heterocycles. The van der Waals surface area contributed by atoms with Crippen LogP contribution < -0.4 is 5.32 Å². The molecule has 1 N–H and O–H groups in total. The molecule has 0 spiro atoms. The molecule has 4 nitrogen and oxygen atoms in total. The number of likely N-dealkylation sites (N-methyl/N-ethyl adjacent to an activating group) is 1. The summed E-state index contributed by atoms with van der Waals surface area (Å²) in [5.41, 5.74) is 4.84. The Balaban J connectivity index is 1.56. The molecule has 3 aliphatic rings. The molecule has 1 aromatic rings. The average molecular weight is 311 g/mol. The fourth-order valence-electron chi connectivity index (χ4n) is 3.97. The van der Waals surface area contributed by atoms with E-state index in [0.717, 1.165) is 57.5 Å². The quantitative estimate of drug-likeness (QED) is 0.909. The molecule has 1 saturated heterocycles. The summed E-state index contributed by atoms with van der Waals surface area (Å²) in [5, 5.41) is 3.42. The molecule has 1 fully saturated rings. The zero-order chi connectivity index (χ0) is 15.8. The van der Waals surface area contributed by atoms with E-state index >= 15 is 0 Å². The summed E-state index contributed by atoms with van der Waals surface area (Å²) >= 11 is 0. The number of carbonyl (C=O) groups is 1. The van der Waals surface area contributed by atoms with Gasteiger partial charge in [-0.3, -0.25) is 4.79 Å². The van der Waals surface area contributed by atoms with E-state index in [2.05, 4.69) is 40.4 Å². The second kappa shape index (κ2) is 6.10. The monoisotopic (exact) mass is 311 g/mol. The highest BCUT2D eigenvalue weighted by molar-refractivity contribution is 5.99. The van der Waals surface area contributed by atoms with Crippen molar-refractivity contribution in [2.45, 2.75) is 31.8 Å². The topological polar surface area (TPSA) is 35.6 Å². The minimum atomic E-state index is 0.220. The Labute approximate surface area is 138 Å². The molecule has 1 aromatic carbocycles. The highest BCUT2D eigenvalue weighted by atomic mass is 16.2. The van der Waals surface area contributed by atoms with E-state index in [1.54, 1.807) is 0 Å². The van der Waals surface area contributed by atoms with Crippen LogP contribution in [-0.2, 0) is 6.54 Å². The Hall–Kier alpha value is -1.65. The van der Waals surface area contributed by atoms with Crippen LogP contribution >= 0.6 is 0 Å². The zero-order valence-electron chi connectivity index (χ0n) is 13.8. The van der Waals surface area contributed by atoms with E-state index in [4.69, 9.17) is 0 Å². The normalized spacial score (nSPS) is 25.4. The van der Waals surface area contributed by atoms with E-state index in [9.17, 15) is 4.79 Å². The van der Waals surface area contributed by atoms with Crippen molar-refractivity contribution in [2.75, 3.05) is 33.2 Å². The Morgan fingerprint density at radius 1 is 1.30 bits per heavy atom. The average Bonchev–Trinajstić information content (AvgIpc) is 2.93. The van der Waals surface area contributed by atoms with Crippen molar-refractivity contribution in [2.24, 2.45) is 0 Å². The summed E-state index contributed by atoms with van der Waals surface area (Å²) in [7, 11) is 2.16. The predicted molar refractivity (Wildman–Crippen MR) is 92.3 cm³/mol. The van der Waals surface area contributed by atoms with Crippen LogP contribution in [0.4, 0.5) is 0 Å². The number of fused-ring (bicyclic) bond motifs is 1. The molecule has 1 amide bonds. The number of nitrogens with one attached hydrogen (secondary N) is 1. The van der Waals surface area contributed by atoms with Gasteiger partial charge >= 0.3 is 0 Å². The van der Waals surface area contributed by atoms with Crippen LogP contribution in [0.5, 0.6) is 0 Å². The molecule has 0 radical (unpaired) electrons. The Morgan fingerprint density at radius 2 is 2.22 bits per heavy atom. The van der Waals surface area contributed by atoms with Crippen LogP contribution in [0.15, 0.2) is 24.3 Å². The fraction of sp³-hybridized carbons (Fsp3) is 0.526. The minimum Gasteiger partial charge on any atom is -0.330 e. The number of carbonyl (C=O) groups excluding carboxylic acids is 1. The van der Waals surface area contributed by atoms with Gasteiger partial charge in [0.2, 0.25) is 0 Å². The standard InChI is InChI=1S/C19H25N3O/c1-21-9-6-14(7-10-21)15-4-5-18-16(11-15)13-22(19(18)23)17-3-2-8-20-12-17/h4-6,11,17,20H,2-3,7-10,12-13H2,1H3.